The smallest absolute Gasteiger partial charge is 0.346 e. The van der Waals surface area contributed by atoms with E-state index in [4.69, 9.17) is 9.98 Å². The lowest BCUT2D eigenvalue weighted by atomic mass is 9.62. The van der Waals surface area contributed by atoms with Gasteiger partial charge in [0.15, 0.2) is 5.84 Å². The van der Waals surface area contributed by atoms with Gasteiger partial charge in [0.2, 0.25) is 0 Å². The first-order chi connectivity index (χ1) is 22.8. The molecule has 2 aliphatic carbocycles. The van der Waals surface area contributed by atoms with Gasteiger partial charge < -0.3 is 4.48 Å². The summed E-state index contributed by atoms with van der Waals surface area (Å²) in [6, 6.07) is 37.6. The van der Waals surface area contributed by atoms with Crippen molar-refractivity contribution < 1.29 is 0 Å². The lowest BCUT2D eigenvalue weighted by Gasteiger charge is -2.13. The Balaban J connectivity index is 1.41. The van der Waals surface area contributed by atoms with Crippen LogP contribution in [0.4, 0.5) is 5.82 Å². The van der Waals surface area contributed by atoms with Gasteiger partial charge in [-0.25, -0.2) is 9.98 Å². The molecule has 1 aromatic heterocycles. The van der Waals surface area contributed by atoms with Gasteiger partial charge in [-0.2, -0.15) is 0 Å². The van der Waals surface area contributed by atoms with E-state index in [1.807, 2.05) is 48.6 Å². The number of benzene rings is 4. The summed E-state index contributed by atoms with van der Waals surface area (Å²) in [7, 11) is 0. The van der Waals surface area contributed by atoms with Crippen LogP contribution in [0, 0.1) is 35.3 Å². The van der Waals surface area contributed by atoms with Crippen molar-refractivity contribution in [3.05, 3.63) is 174 Å². The molecule has 0 radical (unpaired) electrons. The molecular weight excluding hydrogens is 557 g/mol. The number of amidine groups is 1. The molecule has 0 saturated heterocycles. The monoisotopic (exact) mass is 585 g/mol. The third-order valence-corrected chi connectivity index (χ3v) is 8.37. The van der Waals surface area contributed by atoms with Gasteiger partial charge in [-0.15, -0.1) is 23.5 Å². The normalized spacial score (nSPS) is 15.6. The maximum absolute atomic E-state index is 5.43. The van der Waals surface area contributed by atoms with Crippen LogP contribution in [0.25, 0.3) is 22.0 Å². The van der Waals surface area contributed by atoms with Gasteiger partial charge in [0.1, 0.15) is 5.82 Å². The predicted molar refractivity (Wildman–Crippen MR) is 192 cm³/mol. The topological polar surface area (TPSA) is 29.6 Å². The number of nitrogens with zero attached hydrogens (tertiary/aromatic N) is 3. The van der Waals surface area contributed by atoms with E-state index in [0.717, 1.165) is 50.2 Å². The molecule has 2 heterocycles. The molecule has 4 heteroatoms. The van der Waals surface area contributed by atoms with E-state index >= 15 is 0 Å². The van der Waals surface area contributed by atoms with E-state index in [0.29, 0.717) is 5.84 Å². The highest BCUT2D eigenvalue weighted by Crippen LogP contribution is 2.40. The first-order valence-corrected chi connectivity index (χ1v) is 15.6. The molecule has 8 rings (SSSR count). The third kappa shape index (κ3) is 5.17. The Labute approximate surface area is 269 Å². The van der Waals surface area contributed by atoms with Gasteiger partial charge >= 0.3 is 6.85 Å². The fourth-order valence-corrected chi connectivity index (χ4v) is 6.19. The zero-order valence-electron chi connectivity index (χ0n) is 25.1. The number of aliphatic imine (C=N–C) groups is 2. The third-order valence-electron chi connectivity index (χ3n) is 8.37. The largest absolute Gasteiger partial charge is 0.435 e. The number of allylic oxidation sites excluding steroid dienone is 8. The molecular formula is C42H28BN3. The van der Waals surface area contributed by atoms with Crippen LogP contribution in [-0.4, -0.2) is 22.9 Å². The zero-order chi connectivity index (χ0) is 30.7. The lowest BCUT2D eigenvalue weighted by molar-refractivity contribution is 1.14. The molecule has 0 spiro atoms. The van der Waals surface area contributed by atoms with Crippen LogP contribution >= 0.6 is 0 Å². The summed E-state index contributed by atoms with van der Waals surface area (Å²) < 4.78 is 2.23. The minimum atomic E-state index is -0.457. The standard InChI is InChI=1S/C42H28BN3/c1-3-19-33(20-4-1)39-35-23-11-13-25-37(35)41(44-39)45-42-38-26-14-12-24-36(38)40(34-21-5-2-6-22-34)46(42)43(29-27-31-15-7-8-16-31)30-28-32-17-9-10-18-32/h1-26,31-32H/b45-41+. The average Bonchev–Trinajstić information content (AvgIpc) is 3.94. The van der Waals surface area contributed by atoms with Gasteiger partial charge in [-0.05, 0) is 5.56 Å². The molecule has 0 saturated carbocycles. The minimum absolute atomic E-state index is 0.0511. The summed E-state index contributed by atoms with van der Waals surface area (Å²) in [5, 5.41) is 2.13. The summed E-state index contributed by atoms with van der Waals surface area (Å²) in [5.41, 5.74) is 6.20. The summed E-state index contributed by atoms with van der Waals surface area (Å²) in [4.78, 5) is 10.6. The average molecular weight is 586 g/mol. The van der Waals surface area contributed by atoms with Gasteiger partial charge in [-0.3, -0.25) is 0 Å². The highest BCUT2D eigenvalue weighted by atomic mass is 15.1. The minimum Gasteiger partial charge on any atom is -0.346 e. The SMILES string of the molecule is C(#CC1C=CC=C1)B(C#CC1C=CC=C1)n1c(/N=C2/N=C(c3ccccc3)c3ccccc32)c2ccccc2c1-c1ccccc1. The van der Waals surface area contributed by atoms with E-state index in [-0.39, 0.29) is 11.8 Å². The number of hydrogen-bond acceptors (Lipinski definition) is 1. The van der Waals surface area contributed by atoms with Crippen LogP contribution in [0.2, 0.25) is 0 Å². The quantitative estimate of drug-likeness (QED) is 0.149. The summed E-state index contributed by atoms with van der Waals surface area (Å²) >= 11 is 0. The molecule has 214 valence electrons. The van der Waals surface area contributed by atoms with Crippen molar-refractivity contribution in [1.82, 2.24) is 4.48 Å². The van der Waals surface area contributed by atoms with E-state index in [1.54, 1.807) is 0 Å². The molecule has 0 atom stereocenters. The molecule has 46 heavy (non-hydrogen) atoms. The number of rotatable bonds is 4. The van der Waals surface area contributed by atoms with Crippen molar-refractivity contribution in [2.45, 2.75) is 0 Å². The fraction of sp³-hybridized carbons (Fsp3) is 0.0476. The van der Waals surface area contributed by atoms with Crippen LogP contribution in [0.1, 0.15) is 16.7 Å². The second kappa shape index (κ2) is 12.1. The van der Waals surface area contributed by atoms with Gasteiger partial charge in [0.05, 0.1) is 17.5 Å². The zero-order valence-corrected chi connectivity index (χ0v) is 25.1. The Kier molecular flexibility index (Phi) is 7.23. The van der Waals surface area contributed by atoms with Crippen molar-refractivity contribution in [2.75, 3.05) is 0 Å². The second-order valence-electron chi connectivity index (χ2n) is 11.3. The second-order valence-corrected chi connectivity index (χ2v) is 11.3. The highest BCUT2D eigenvalue weighted by Gasteiger charge is 2.28. The molecule has 0 bridgehead atoms. The Bertz CT molecular complexity index is 2210. The van der Waals surface area contributed by atoms with Crippen molar-refractivity contribution >= 4 is 35.0 Å². The maximum Gasteiger partial charge on any atom is 0.435 e. The van der Waals surface area contributed by atoms with Crippen molar-refractivity contribution in [3.63, 3.8) is 0 Å². The van der Waals surface area contributed by atoms with Crippen LogP contribution in [0.5, 0.6) is 0 Å². The Morgan fingerprint density at radius 1 is 0.565 bits per heavy atom. The van der Waals surface area contributed by atoms with Crippen LogP contribution in [0.15, 0.2) is 168 Å². The summed E-state index contributed by atoms with van der Waals surface area (Å²) in [6.45, 7) is -0.457. The summed E-state index contributed by atoms with van der Waals surface area (Å²) in [6.07, 6.45) is 16.6. The first-order valence-electron chi connectivity index (χ1n) is 15.6. The predicted octanol–water partition coefficient (Wildman–Crippen LogP) is 8.65. The van der Waals surface area contributed by atoms with Crippen LogP contribution in [-0.2, 0) is 0 Å². The molecule has 0 fully saturated rings. The Morgan fingerprint density at radius 2 is 1.09 bits per heavy atom. The maximum atomic E-state index is 5.43. The Morgan fingerprint density at radius 3 is 1.72 bits per heavy atom. The molecule has 5 aromatic rings. The van der Waals surface area contributed by atoms with Gasteiger partial charge in [0, 0.05) is 33.2 Å². The molecule has 3 nitrogen and oxygen atoms in total. The van der Waals surface area contributed by atoms with Crippen molar-refractivity contribution in [3.8, 4) is 34.7 Å². The van der Waals surface area contributed by atoms with Crippen LogP contribution < -0.4 is 0 Å². The first kappa shape index (κ1) is 27.5. The molecule has 0 amide bonds. The number of hydrogen-bond donors (Lipinski definition) is 0. The van der Waals surface area contributed by atoms with E-state index in [2.05, 4.69) is 137 Å². The van der Waals surface area contributed by atoms with Crippen molar-refractivity contribution in [1.29, 1.82) is 0 Å². The lowest BCUT2D eigenvalue weighted by Crippen LogP contribution is -2.23. The number of fused-ring (bicyclic) bond motifs is 2. The Hall–Kier alpha value is -6.10. The van der Waals surface area contributed by atoms with E-state index < -0.39 is 6.85 Å². The van der Waals surface area contributed by atoms with E-state index in [1.165, 1.54) is 0 Å². The van der Waals surface area contributed by atoms with E-state index in [9.17, 15) is 0 Å². The molecule has 0 unspecified atom stereocenters. The van der Waals surface area contributed by atoms with Gasteiger partial charge in [0.25, 0.3) is 0 Å². The molecule has 0 N–H and O–H groups in total. The van der Waals surface area contributed by atoms with Crippen LogP contribution in [0.3, 0.4) is 0 Å². The summed E-state index contributed by atoms with van der Waals surface area (Å²) in [5.74, 6) is 15.7. The highest BCUT2D eigenvalue weighted by molar-refractivity contribution is 6.75. The molecule has 3 aliphatic rings. The molecule has 4 aromatic carbocycles. The van der Waals surface area contributed by atoms with Crippen molar-refractivity contribution in [2.24, 2.45) is 21.8 Å². The van der Waals surface area contributed by atoms with Gasteiger partial charge in [-0.1, -0.05) is 158 Å². The fourth-order valence-electron chi connectivity index (χ4n) is 6.19. The number of aromatic nitrogens is 1. The molecule has 1 aliphatic heterocycles.